The van der Waals surface area contributed by atoms with Gasteiger partial charge in [-0.2, -0.15) is 17.8 Å². The first-order valence-corrected chi connectivity index (χ1v) is 8.20. The third-order valence-electron chi connectivity index (χ3n) is 3.95. The first-order chi connectivity index (χ1) is 9.85. The molecular weight excluding hydrogens is 296 g/mol. The summed E-state index contributed by atoms with van der Waals surface area (Å²) in [5, 5.41) is 4.23. The predicted molar refractivity (Wildman–Crippen MR) is 76.4 cm³/mol. The van der Waals surface area contributed by atoms with Gasteiger partial charge in [-0.25, -0.2) is 0 Å². The summed E-state index contributed by atoms with van der Waals surface area (Å²) in [6.45, 7) is 3.47. The molecule has 1 fully saturated rings. The summed E-state index contributed by atoms with van der Waals surface area (Å²) in [7, 11) is -0.947. The molecule has 2 heterocycles. The van der Waals surface area contributed by atoms with Crippen LogP contribution in [0.1, 0.15) is 18.5 Å². The lowest BCUT2D eigenvalue weighted by Crippen LogP contribution is -2.39. The number of nitroso groups, excluding NO2 is 1. The van der Waals surface area contributed by atoms with Crippen molar-refractivity contribution < 1.29 is 17.4 Å². The van der Waals surface area contributed by atoms with Gasteiger partial charge in [-0.3, -0.25) is 8.86 Å². The summed E-state index contributed by atoms with van der Waals surface area (Å²) in [6, 6.07) is 0. The van der Waals surface area contributed by atoms with Gasteiger partial charge in [-0.15, -0.1) is 0 Å². The molecule has 9 heteroatoms. The maximum atomic E-state index is 11.6. The molecule has 1 aliphatic rings. The summed E-state index contributed by atoms with van der Waals surface area (Å²) in [4.78, 5) is 11.3. The van der Waals surface area contributed by atoms with E-state index in [-0.39, 0.29) is 0 Å². The second kappa shape index (κ2) is 6.20. The van der Waals surface area contributed by atoms with E-state index in [0.717, 1.165) is 23.3 Å². The third kappa shape index (κ3) is 3.47. The summed E-state index contributed by atoms with van der Waals surface area (Å²) in [5.74, 6) is 0.344. The third-order valence-corrected chi connectivity index (χ3v) is 5.37. The minimum Gasteiger partial charge on any atom is -0.262 e. The highest BCUT2D eigenvalue weighted by Gasteiger charge is 2.29. The molecule has 0 spiro atoms. The van der Waals surface area contributed by atoms with E-state index in [1.165, 1.54) is 18.5 Å². The van der Waals surface area contributed by atoms with Crippen LogP contribution in [0, 0.1) is 17.7 Å². The Kier molecular flexibility index (Phi) is 4.74. The summed E-state index contributed by atoms with van der Waals surface area (Å²) < 4.78 is 31.7. The molecule has 1 saturated heterocycles. The molecule has 0 radical (unpaired) electrons. The van der Waals surface area contributed by atoms with Crippen molar-refractivity contribution in [2.75, 3.05) is 27.2 Å². The molecule has 1 aromatic heterocycles. The fraction of sp³-hybridized carbons (Fsp3) is 0.750. The van der Waals surface area contributed by atoms with Crippen LogP contribution in [0.3, 0.4) is 0 Å². The Morgan fingerprint density at radius 1 is 1.43 bits per heavy atom. The molecule has 0 atom stereocenters. The molecule has 0 unspecified atom stereocenters. The van der Waals surface area contributed by atoms with E-state index < -0.39 is 10.3 Å². The second-order valence-electron chi connectivity index (χ2n) is 5.26. The first-order valence-electron chi connectivity index (χ1n) is 6.84. The average Bonchev–Trinajstić information content (AvgIpc) is 2.81. The zero-order valence-corrected chi connectivity index (χ0v) is 13.3. The van der Waals surface area contributed by atoms with E-state index in [1.807, 2.05) is 11.6 Å². The highest BCUT2D eigenvalue weighted by Crippen LogP contribution is 2.23. The monoisotopic (exact) mass is 317 g/mol. The molecule has 0 N–H and O–H groups in total. The van der Waals surface area contributed by atoms with Gasteiger partial charge in [0.2, 0.25) is 0 Å². The lowest BCUT2D eigenvalue weighted by Gasteiger charge is -2.30. The number of hydrogen-bond donors (Lipinski definition) is 0. The van der Waals surface area contributed by atoms with Gasteiger partial charge >= 0.3 is 10.3 Å². The Morgan fingerprint density at radius 3 is 2.52 bits per heavy atom. The Balaban J connectivity index is 1.97. The molecule has 0 bridgehead atoms. The van der Waals surface area contributed by atoms with Crippen molar-refractivity contribution in [2.45, 2.75) is 26.3 Å². The van der Waals surface area contributed by atoms with Crippen molar-refractivity contribution in [3.8, 4) is 0 Å². The maximum Gasteiger partial charge on any atom is 0.338 e. The fourth-order valence-electron chi connectivity index (χ4n) is 2.60. The van der Waals surface area contributed by atoms with Gasteiger partial charge in [0.25, 0.3) is 5.69 Å². The zero-order chi connectivity index (χ0) is 15.6. The topological polar surface area (TPSA) is 84.5 Å². The van der Waals surface area contributed by atoms with Crippen LogP contribution in [0.5, 0.6) is 0 Å². The van der Waals surface area contributed by atoms with Crippen LogP contribution in [0.2, 0.25) is 0 Å². The van der Waals surface area contributed by atoms with Gasteiger partial charge in [0.05, 0.1) is 7.11 Å². The molecule has 8 nitrogen and oxygen atoms in total. The molecule has 21 heavy (non-hydrogen) atoms. The summed E-state index contributed by atoms with van der Waals surface area (Å²) in [6.07, 6.45) is 3.07. The van der Waals surface area contributed by atoms with Gasteiger partial charge in [0.1, 0.15) is 11.9 Å². The second-order valence-corrected chi connectivity index (χ2v) is 6.97. The van der Waals surface area contributed by atoms with Crippen molar-refractivity contribution in [1.29, 1.82) is 0 Å². The highest BCUT2D eigenvalue weighted by molar-refractivity contribution is 7.84. The first kappa shape index (κ1) is 16.1. The van der Waals surface area contributed by atoms with E-state index >= 15 is 0 Å². The smallest absolute Gasteiger partial charge is 0.262 e. The van der Waals surface area contributed by atoms with Crippen LogP contribution in [0.25, 0.3) is 0 Å². The molecule has 0 amide bonds. The van der Waals surface area contributed by atoms with Gasteiger partial charge in [0, 0.05) is 29.3 Å². The molecule has 1 aliphatic heterocycles. The van der Waals surface area contributed by atoms with Crippen LogP contribution in [-0.2, 0) is 21.0 Å². The quantitative estimate of drug-likeness (QED) is 0.751. The van der Waals surface area contributed by atoms with Crippen LogP contribution in [0.15, 0.2) is 6.20 Å². The lowest BCUT2D eigenvalue weighted by molar-refractivity contribution is -0.428. The number of nitrogens with zero attached hydrogens (tertiary/aromatic N) is 4. The van der Waals surface area contributed by atoms with Gasteiger partial charge in [-0.1, -0.05) is 0 Å². The average molecular weight is 317 g/mol. The predicted octanol–water partition coefficient (Wildman–Crippen LogP) is 0.835. The van der Waals surface area contributed by atoms with Crippen molar-refractivity contribution in [3.05, 3.63) is 16.8 Å². The molecule has 0 aromatic carbocycles. The van der Waals surface area contributed by atoms with E-state index in [9.17, 15) is 13.3 Å². The lowest BCUT2D eigenvalue weighted by atomic mass is 9.98. The van der Waals surface area contributed by atoms with Crippen LogP contribution >= 0.6 is 0 Å². The van der Waals surface area contributed by atoms with Crippen LogP contribution in [0.4, 0.5) is 5.69 Å². The molecule has 0 aliphatic carbocycles. The maximum absolute atomic E-state index is 11.6. The van der Waals surface area contributed by atoms with Crippen molar-refractivity contribution in [3.63, 3.8) is 0 Å². The molecular formula is C12H21N4O4S+. The Bertz CT molecular complexity index is 617. The highest BCUT2D eigenvalue weighted by atomic mass is 32.2. The van der Waals surface area contributed by atoms with E-state index in [2.05, 4.69) is 9.28 Å². The van der Waals surface area contributed by atoms with Gasteiger partial charge in [-0.05, 0) is 25.7 Å². The Hall–Kier alpha value is -1.32. The molecule has 0 saturated carbocycles. The molecule has 1 aromatic rings. The standard InChI is InChI=1S/C12H21N4O4S/c1-10-12(14(2)17)8-13-16(10)9-11-4-6-15(7-5-11)21(18,19)20-3/h8,11H,4-7,9H2,1-3H3/q+1. The molecule has 2 rings (SSSR count). The minimum absolute atomic E-state index is 0.344. The Morgan fingerprint density at radius 2 is 2.05 bits per heavy atom. The van der Waals surface area contributed by atoms with E-state index in [4.69, 9.17) is 0 Å². The Labute approximate surface area is 124 Å². The minimum atomic E-state index is -3.57. The normalized spacial score (nSPS) is 18.0. The SMILES string of the molecule is COS(=O)(=O)N1CCC(Cn2ncc([N+](C)=O)c2C)CC1. The number of piperidine rings is 1. The van der Waals surface area contributed by atoms with E-state index in [1.54, 1.807) is 6.20 Å². The summed E-state index contributed by atoms with van der Waals surface area (Å²) in [5.41, 5.74) is 1.40. The molecule has 118 valence electrons. The summed E-state index contributed by atoms with van der Waals surface area (Å²) >= 11 is 0. The number of aromatic nitrogens is 2. The van der Waals surface area contributed by atoms with Crippen molar-refractivity contribution in [1.82, 2.24) is 14.1 Å². The zero-order valence-electron chi connectivity index (χ0n) is 12.5. The van der Waals surface area contributed by atoms with Crippen molar-refractivity contribution >= 4 is 16.0 Å². The largest absolute Gasteiger partial charge is 0.338 e. The number of hydrogen-bond acceptors (Lipinski definition) is 5. The van der Waals surface area contributed by atoms with E-state index in [0.29, 0.717) is 31.2 Å². The van der Waals surface area contributed by atoms with Crippen LogP contribution in [-0.4, -0.2) is 54.5 Å². The van der Waals surface area contributed by atoms with Crippen LogP contribution < -0.4 is 0 Å². The van der Waals surface area contributed by atoms with Gasteiger partial charge < -0.3 is 0 Å². The number of rotatable bonds is 5. The van der Waals surface area contributed by atoms with Gasteiger partial charge in [0.15, 0.2) is 7.05 Å². The fourth-order valence-corrected chi connectivity index (χ4v) is 3.46. The van der Waals surface area contributed by atoms with Crippen molar-refractivity contribution in [2.24, 2.45) is 5.92 Å².